The number of nitrogens with one attached hydrogen (secondary N) is 5. The summed E-state index contributed by atoms with van der Waals surface area (Å²) in [6.07, 6.45) is 4.97. The molecular weight excluding hydrogens is 1080 g/mol. The minimum Gasteiger partial charge on any atom is -0.485 e. The Morgan fingerprint density at radius 3 is 1.28 bits per heavy atom. The lowest BCUT2D eigenvalue weighted by molar-refractivity contribution is -0.133. The molecule has 6 rings (SSSR count). The summed E-state index contributed by atoms with van der Waals surface area (Å²) in [6, 6.07) is 49.3. The van der Waals surface area contributed by atoms with E-state index in [9.17, 15) is 33.9 Å². The zero-order valence-electron chi connectivity index (χ0n) is 49.3. The zero-order chi connectivity index (χ0) is 60.3. The zero-order valence-corrected chi connectivity index (χ0v) is 49.3. The Bertz CT molecular complexity index is 2980. The van der Waals surface area contributed by atoms with Crippen LogP contribution >= 0.6 is 0 Å². The molecule has 6 amide bonds. The third-order valence-corrected chi connectivity index (χ3v) is 13.8. The van der Waals surface area contributed by atoms with Crippen LogP contribution in [-0.4, -0.2) is 96.9 Å². The fourth-order valence-electron chi connectivity index (χ4n) is 9.13. The number of rotatable bonds is 39. The van der Waals surface area contributed by atoms with Crippen LogP contribution in [0.2, 0.25) is 0 Å². The first-order valence-electron chi connectivity index (χ1n) is 29.6. The van der Waals surface area contributed by atoms with E-state index in [-0.39, 0.29) is 101 Å². The molecule has 0 saturated carbocycles. The van der Waals surface area contributed by atoms with Gasteiger partial charge in [-0.3, -0.25) is 28.8 Å². The van der Waals surface area contributed by atoms with Crippen molar-refractivity contribution in [1.29, 1.82) is 0 Å². The fraction of sp³-hybridized carbons (Fsp3) is 0.382. The smallest absolute Gasteiger partial charge is 0.255 e. The van der Waals surface area contributed by atoms with Gasteiger partial charge < -0.3 is 55.5 Å². The monoisotopic (exact) mass is 1160 g/mol. The van der Waals surface area contributed by atoms with Gasteiger partial charge in [-0.1, -0.05) is 133 Å². The molecule has 6 aromatic carbocycles. The molecule has 0 aliphatic rings. The van der Waals surface area contributed by atoms with Crippen LogP contribution in [-0.2, 0) is 45.6 Å². The molecule has 0 radical (unpaired) electrons. The maximum atomic E-state index is 13.9. The molecule has 0 fully saturated rings. The predicted molar refractivity (Wildman–Crippen MR) is 328 cm³/mol. The molecule has 0 aliphatic heterocycles. The molecule has 0 aliphatic carbocycles. The van der Waals surface area contributed by atoms with Crippen molar-refractivity contribution in [3.63, 3.8) is 0 Å². The van der Waals surface area contributed by atoms with E-state index in [1.54, 1.807) is 41.3 Å². The van der Waals surface area contributed by atoms with Gasteiger partial charge in [-0.25, -0.2) is 0 Å². The van der Waals surface area contributed by atoms with E-state index in [4.69, 9.17) is 18.9 Å². The van der Waals surface area contributed by atoms with Crippen LogP contribution in [0.25, 0.3) is 0 Å². The van der Waals surface area contributed by atoms with Crippen molar-refractivity contribution in [3.05, 3.63) is 191 Å². The number of para-hydroxylation sites is 2. The number of hydrogen-bond donors (Lipinski definition) is 6. The lowest BCUT2D eigenvalue weighted by atomic mass is 10.0. The highest BCUT2D eigenvalue weighted by Crippen LogP contribution is 2.34. The lowest BCUT2D eigenvalue weighted by Gasteiger charge is -2.25. The van der Waals surface area contributed by atoms with Gasteiger partial charge in [-0.05, 0) is 112 Å². The standard InChI is InChI=1S/C68H84N6O11/c1-68(2,40-47-75)73-62(78)37-22-36-60(76)69-41-16-7-17-42-70-61(77)38-39-63(79)74(46-23-44-72-67(81)57-33-21-35-59(83-49-53-26-10-4-11-27-53)65(57)85-51-55-30-14-6-15-31-55)45-19-18-43-71-66(80)56-32-20-34-58(82-48-52-24-8-3-9-25-52)64(56)84-50-54-28-12-5-13-29-54/h3-6,8-15,20-21,24-35,75H,7,16-19,22-23,36-51H2,1-2H3,(H,69,76)(H,70,77)(H,71,80)(H,72,81)(H,73,78). The Morgan fingerprint density at radius 2 is 0.812 bits per heavy atom. The van der Waals surface area contributed by atoms with Gasteiger partial charge in [0, 0.05) is 77.1 Å². The Hall–Kier alpha value is -8.70. The normalized spacial score (nSPS) is 11.0. The highest BCUT2D eigenvalue weighted by molar-refractivity contribution is 5.98. The van der Waals surface area contributed by atoms with Gasteiger partial charge in [-0.15, -0.1) is 0 Å². The first-order valence-corrected chi connectivity index (χ1v) is 29.6. The molecule has 0 saturated heterocycles. The number of hydrogen-bond acceptors (Lipinski definition) is 11. The van der Waals surface area contributed by atoms with E-state index < -0.39 is 5.54 Å². The molecule has 0 heterocycles. The van der Waals surface area contributed by atoms with Crippen LogP contribution in [0.1, 0.15) is 134 Å². The van der Waals surface area contributed by atoms with E-state index in [0.29, 0.717) is 105 Å². The van der Waals surface area contributed by atoms with E-state index in [1.807, 2.05) is 135 Å². The number of amides is 6. The van der Waals surface area contributed by atoms with Gasteiger partial charge in [0.2, 0.25) is 23.6 Å². The third kappa shape index (κ3) is 24.6. The summed E-state index contributed by atoms with van der Waals surface area (Å²) in [6.45, 7) is 6.78. The number of carbonyl (C=O) groups is 6. The number of ether oxygens (including phenoxy) is 4. The van der Waals surface area contributed by atoms with Crippen molar-refractivity contribution in [2.24, 2.45) is 0 Å². The van der Waals surface area contributed by atoms with Crippen molar-refractivity contribution in [2.75, 3.05) is 45.9 Å². The number of benzene rings is 6. The second-order valence-electron chi connectivity index (χ2n) is 21.3. The van der Waals surface area contributed by atoms with Gasteiger partial charge in [0.15, 0.2) is 23.0 Å². The molecule has 0 unspecified atom stereocenters. The Morgan fingerprint density at radius 1 is 0.412 bits per heavy atom. The summed E-state index contributed by atoms with van der Waals surface area (Å²) in [4.78, 5) is 81.0. The topological polar surface area (TPSA) is 223 Å². The summed E-state index contributed by atoms with van der Waals surface area (Å²) in [7, 11) is 0. The van der Waals surface area contributed by atoms with Crippen LogP contribution in [0.15, 0.2) is 158 Å². The number of carbonyl (C=O) groups excluding carboxylic acids is 6. The van der Waals surface area contributed by atoms with Crippen molar-refractivity contribution in [2.45, 2.75) is 123 Å². The minimum absolute atomic E-state index is 0.00756. The molecule has 17 heteroatoms. The molecule has 6 aromatic rings. The van der Waals surface area contributed by atoms with Crippen LogP contribution in [0.4, 0.5) is 0 Å². The first-order chi connectivity index (χ1) is 41.4. The summed E-state index contributed by atoms with van der Waals surface area (Å²) < 4.78 is 25.0. The van der Waals surface area contributed by atoms with E-state index >= 15 is 0 Å². The van der Waals surface area contributed by atoms with Crippen LogP contribution in [0.5, 0.6) is 23.0 Å². The van der Waals surface area contributed by atoms with Crippen LogP contribution in [0, 0.1) is 0 Å². The maximum Gasteiger partial charge on any atom is 0.255 e. The van der Waals surface area contributed by atoms with Gasteiger partial charge in [-0.2, -0.15) is 0 Å². The molecule has 6 N–H and O–H groups in total. The third-order valence-electron chi connectivity index (χ3n) is 13.8. The van der Waals surface area contributed by atoms with Crippen molar-refractivity contribution in [1.82, 2.24) is 31.5 Å². The van der Waals surface area contributed by atoms with Crippen LogP contribution < -0.4 is 45.5 Å². The van der Waals surface area contributed by atoms with Gasteiger partial charge in [0.05, 0.1) is 11.1 Å². The number of aliphatic hydroxyl groups excluding tert-OH is 1. The molecular formula is C68H84N6O11. The maximum absolute atomic E-state index is 13.9. The number of aliphatic hydroxyl groups is 1. The van der Waals surface area contributed by atoms with Gasteiger partial charge in [0.1, 0.15) is 26.4 Å². The Kier molecular flexibility index (Phi) is 28.3. The van der Waals surface area contributed by atoms with Crippen molar-refractivity contribution >= 4 is 35.4 Å². The summed E-state index contributed by atoms with van der Waals surface area (Å²) in [5.74, 6) is 0.0898. The number of nitrogens with zero attached hydrogens (tertiary/aromatic N) is 1. The summed E-state index contributed by atoms with van der Waals surface area (Å²) in [5, 5.41) is 23.9. The molecule has 0 spiro atoms. The predicted octanol–water partition coefficient (Wildman–Crippen LogP) is 9.79. The van der Waals surface area contributed by atoms with E-state index in [2.05, 4.69) is 26.6 Å². The van der Waals surface area contributed by atoms with E-state index in [0.717, 1.165) is 35.1 Å². The van der Waals surface area contributed by atoms with Crippen LogP contribution in [0.3, 0.4) is 0 Å². The average Bonchev–Trinajstić information content (AvgIpc) is 3.71. The Labute approximate surface area is 500 Å². The first kappa shape index (κ1) is 65.5. The van der Waals surface area contributed by atoms with Gasteiger partial charge >= 0.3 is 0 Å². The molecule has 0 atom stereocenters. The summed E-state index contributed by atoms with van der Waals surface area (Å²) >= 11 is 0. The number of unbranched alkanes of at least 4 members (excludes halogenated alkanes) is 3. The Balaban J connectivity index is 1.00. The molecule has 17 nitrogen and oxygen atoms in total. The molecule has 452 valence electrons. The second kappa shape index (κ2) is 36.8. The van der Waals surface area contributed by atoms with E-state index in [1.165, 1.54) is 0 Å². The molecule has 0 bridgehead atoms. The van der Waals surface area contributed by atoms with Gasteiger partial charge in [0.25, 0.3) is 11.8 Å². The quantitative estimate of drug-likeness (QED) is 0.0199. The average molecular weight is 1160 g/mol. The fourth-order valence-corrected chi connectivity index (χ4v) is 9.13. The van der Waals surface area contributed by atoms with Crippen molar-refractivity contribution in [3.8, 4) is 23.0 Å². The molecule has 0 aromatic heterocycles. The van der Waals surface area contributed by atoms with Crippen molar-refractivity contribution < 1.29 is 52.8 Å². The lowest BCUT2D eigenvalue weighted by Crippen LogP contribution is -2.44. The minimum atomic E-state index is -0.510. The molecule has 85 heavy (non-hydrogen) atoms. The summed E-state index contributed by atoms with van der Waals surface area (Å²) in [5.41, 5.74) is 3.91. The largest absolute Gasteiger partial charge is 0.485 e. The second-order valence-corrected chi connectivity index (χ2v) is 21.3. The highest BCUT2D eigenvalue weighted by Gasteiger charge is 2.22. The highest BCUT2D eigenvalue weighted by atomic mass is 16.5. The SMILES string of the molecule is CC(C)(CCO)NC(=O)CCCC(=O)NCCCCCNC(=O)CCC(=O)N(CCCCNC(=O)c1cccc(OCc2ccccc2)c1OCc1ccccc1)CCCNC(=O)c1cccc(OCc2ccccc2)c1OCc1ccccc1.